The third-order valence-corrected chi connectivity index (χ3v) is 6.44. The van der Waals surface area contributed by atoms with E-state index in [-0.39, 0.29) is 12.5 Å². The zero-order valence-corrected chi connectivity index (χ0v) is 21.3. The lowest BCUT2D eigenvalue weighted by molar-refractivity contribution is 0.0982. The van der Waals surface area contributed by atoms with Crippen molar-refractivity contribution in [2.45, 2.75) is 40.7 Å². The highest BCUT2D eigenvalue weighted by Crippen LogP contribution is 2.40. The number of carbonyl (C=O) groups is 1. The summed E-state index contributed by atoms with van der Waals surface area (Å²) in [6, 6.07) is 13.2. The molecule has 0 aliphatic heterocycles. The molecule has 1 amide bonds. The second-order valence-corrected chi connectivity index (χ2v) is 8.69. The molecule has 0 aliphatic carbocycles. The van der Waals surface area contributed by atoms with Crippen molar-refractivity contribution in [1.29, 1.82) is 0 Å². The molecule has 2 heterocycles. The van der Waals surface area contributed by atoms with Crippen molar-refractivity contribution < 1.29 is 23.4 Å². The number of thiazole rings is 1. The number of carbonyl (C=O) groups excluding carboxylic acids is 1. The smallest absolute Gasteiger partial charge is 0.260 e. The molecule has 2 aromatic heterocycles. The first kappa shape index (κ1) is 24.6. The normalized spacial score (nSPS) is 11.0. The number of rotatable bonds is 11. The van der Waals surface area contributed by atoms with Crippen LogP contribution in [0.2, 0.25) is 0 Å². The summed E-state index contributed by atoms with van der Waals surface area (Å²) in [4.78, 5) is 20.5. The molecular weight excluding hydrogens is 464 g/mol. The van der Waals surface area contributed by atoms with E-state index < -0.39 is 0 Å². The molecule has 0 saturated heterocycles. The summed E-state index contributed by atoms with van der Waals surface area (Å²) in [5.41, 5.74) is 2.49. The van der Waals surface area contributed by atoms with Crippen molar-refractivity contribution in [1.82, 2.24) is 4.98 Å². The molecule has 4 aromatic rings. The molecule has 0 saturated carbocycles. The van der Waals surface area contributed by atoms with Crippen LogP contribution in [0.1, 0.15) is 49.4 Å². The summed E-state index contributed by atoms with van der Waals surface area (Å²) in [5, 5.41) is 0.604. The minimum absolute atomic E-state index is 0.233. The Hall–Kier alpha value is -3.52. The average Bonchev–Trinajstić information content (AvgIpc) is 3.53. The van der Waals surface area contributed by atoms with Gasteiger partial charge in [-0.15, -0.1) is 0 Å². The van der Waals surface area contributed by atoms with Crippen LogP contribution >= 0.6 is 11.3 Å². The Bertz CT molecular complexity index is 1260. The number of anilines is 1. The first-order chi connectivity index (χ1) is 17.1. The van der Waals surface area contributed by atoms with E-state index in [0.717, 1.165) is 22.2 Å². The van der Waals surface area contributed by atoms with Gasteiger partial charge in [0.05, 0.1) is 42.8 Å². The Kier molecular flexibility index (Phi) is 7.92. The number of nitrogens with zero attached hydrogens (tertiary/aromatic N) is 2. The Labute approximate surface area is 209 Å². The molecule has 0 N–H and O–H groups in total. The molecule has 4 rings (SSSR count). The van der Waals surface area contributed by atoms with Crippen LogP contribution in [0.15, 0.2) is 53.1 Å². The molecule has 7 nitrogen and oxygen atoms in total. The van der Waals surface area contributed by atoms with Crippen LogP contribution in [0.25, 0.3) is 10.2 Å². The van der Waals surface area contributed by atoms with Gasteiger partial charge in [0, 0.05) is 5.56 Å². The summed E-state index contributed by atoms with van der Waals surface area (Å²) in [5.74, 6) is 1.87. The van der Waals surface area contributed by atoms with Gasteiger partial charge in [-0.1, -0.05) is 30.4 Å². The average molecular weight is 495 g/mol. The van der Waals surface area contributed by atoms with Crippen LogP contribution in [0.5, 0.6) is 17.2 Å². The summed E-state index contributed by atoms with van der Waals surface area (Å²) in [6.45, 7) is 9.32. The van der Waals surface area contributed by atoms with Gasteiger partial charge in [-0.05, 0) is 63.1 Å². The Morgan fingerprint density at radius 3 is 2.29 bits per heavy atom. The predicted octanol–water partition coefficient (Wildman–Crippen LogP) is 6.49. The zero-order valence-electron chi connectivity index (χ0n) is 20.5. The van der Waals surface area contributed by atoms with Crippen LogP contribution in [0.3, 0.4) is 0 Å². The summed E-state index contributed by atoms with van der Waals surface area (Å²) in [6.07, 6.45) is 2.46. The van der Waals surface area contributed by atoms with Crippen molar-refractivity contribution in [3.8, 4) is 17.2 Å². The third-order valence-electron chi connectivity index (χ3n) is 5.40. The topological polar surface area (TPSA) is 74.0 Å². The number of furan rings is 1. The van der Waals surface area contributed by atoms with Gasteiger partial charge in [-0.3, -0.25) is 9.69 Å². The number of para-hydroxylation sites is 1. The second-order valence-electron chi connectivity index (χ2n) is 7.69. The van der Waals surface area contributed by atoms with Gasteiger partial charge >= 0.3 is 0 Å². The largest absolute Gasteiger partial charge is 0.490 e. The highest BCUT2D eigenvalue weighted by Gasteiger charge is 2.26. The van der Waals surface area contributed by atoms with Crippen molar-refractivity contribution in [3.63, 3.8) is 0 Å². The highest BCUT2D eigenvalue weighted by molar-refractivity contribution is 7.22. The molecule has 0 aliphatic rings. The number of hydrogen-bond donors (Lipinski definition) is 0. The maximum atomic E-state index is 14.0. The van der Waals surface area contributed by atoms with Gasteiger partial charge in [0.25, 0.3) is 5.91 Å². The van der Waals surface area contributed by atoms with E-state index in [4.69, 9.17) is 23.6 Å². The van der Waals surface area contributed by atoms with Crippen molar-refractivity contribution in [3.05, 3.63) is 65.6 Å². The SMILES string of the molecule is CCOc1cc(C(=O)N(Cc2ccco2)c2nc3c(CC)cccc3s2)cc(OCC)c1OCC. The molecule has 0 fully saturated rings. The fraction of sp³-hybridized carbons (Fsp3) is 0.333. The molecule has 2 aromatic carbocycles. The third kappa shape index (κ3) is 5.27. The molecule has 0 atom stereocenters. The lowest BCUT2D eigenvalue weighted by atomic mass is 10.1. The first-order valence-corrected chi connectivity index (χ1v) is 12.7. The maximum absolute atomic E-state index is 14.0. The number of aromatic nitrogens is 1. The Morgan fingerprint density at radius 1 is 0.971 bits per heavy atom. The molecule has 8 heteroatoms. The van der Waals surface area contributed by atoms with Gasteiger partial charge in [-0.25, -0.2) is 4.98 Å². The lowest BCUT2D eigenvalue weighted by Gasteiger charge is -2.21. The molecular formula is C27H30N2O5S. The summed E-state index contributed by atoms with van der Waals surface area (Å²) >= 11 is 1.49. The van der Waals surface area contributed by atoms with E-state index in [9.17, 15) is 4.79 Å². The molecule has 0 radical (unpaired) electrons. The van der Waals surface area contributed by atoms with E-state index in [2.05, 4.69) is 13.0 Å². The second kappa shape index (κ2) is 11.3. The number of aryl methyl sites for hydroxylation is 1. The van der Waals surface area contributed by atoms with E-state index in [1.54, 1.807) is 23.3 Å². The fourth-order valence-corrected chi connectivity index (χ4v) is 4.86. The number of fused-ring (bicyclic) bond motifs is 1. The van der Waals surface area contributed by atoms with Crippen LogP contribution < -0.4 is 19.1 Å². The minimum atomic E-state index is -0.233. The standard InChI is InChI=1S/C27H30N2O5S/c1-5-18-11-9-13-23-24(18)28-27(35-23)29(17-20-12-10-14-34-20)26(30)19-15-21(31-6-2)25(33-8-4)22(16-19)32-7-3/h9-16H,5-8,17H2,1-4H3. The Morgan fingerprint density at radius 2 is 1.69 bits per heavy atom. The van der Waals surface area contributed by atoms with Gasteiger partial charge in [0.15, 0.2) is 16.6 Å². The van der Waals surface area contributed by atoms with E-state index in [1.165, 1.54) is 11.3 Å². The molecule has 0 spiro atoms. The monoisotopic (exact) mass is 494 g/mol. The predicted molar refractivity (Wildman–Crippen MR) is 138 cm³/mol. The van der Waals surface area contributed by atoms with E-state index >= 15 is 0 Å². The molecule has 0 unspecified atom stereocenters. The van der Waals surface area contributed by atoms with Gasteiger partial charge in [0.2, 0.25) is 5.75 Å². The summed E-state index contributed by atoms with van der Waals surface area (Å²) < 4.78 is 24.1. The first-order valence-electron chi connectivity index (χ1n) is 11.9. The number of ether oxygens (including phenoxy) is 3. The number of amides is 1. The van der Waals surface area contributed by atoms with Crippen LogP contribution in [-0.4, -0.2) is 30.7 Å². The molecule has 184 valence electrons. The highest BCUT2D eigenvalue weighted by atomic mass is 32.1. The lowest BCUT2D eigenvalue weighted by Crippen LogP contribution is -2.30. The van der Waals surface area contributed by atoms with Gasteiger partial charge in [-0.2, -0.15) is 0 Å². The van der Waals surface area contributed by atoms with Crippen LogP contribution in [-0.2, 0) is 13.0 Å². The van der Waals surface area contributed by atoms with E-state index in [1.807, 2.05) is 45.0 Å². The number of hydrogen-bond acceptors (Lipinski definition) is 7. The minimum Gasteiger partial charge on any atom is -0.490 e. The zero-order chi connectivity index (χ0) is 24.8. The van der Waals surface area contributed by atoms with Crippen LogP contribution in [0, 0.1) is 0 Å². The van der Waals surface area contributed by atoms with Gasteiger partial charge < -0.3 is 18.6 Å². The summed E-state index contributed by atoms with van der Waals surface area (Å²) in [7, 11) is 0. The number of benzene rings is 2. The quantitative estimate of drug-likeness (QED) is 0.237. The van der Waals surface area contributed by atoms with E-state index in [0.29, 0.717) is 53.5 Å². The molecule has 35 heavy (non-hydrogen) atoms. The van der Waals surface area contributed by atoms with Gasteiger partial charge in [0.1, 0.15) is 5.76 Å². The fourth-order valence-electron chi connectivity index (χ4n) is 3.85. The van der Waals surface area contributed by atoms with Crippen LogP contribution in [0.4, 0.5) is 5.13 Å². The van der Waals surface area contributed by atoms with Crippen molar-refractivity contribution in [2.24, 2.45) is 0 Å². The maximum Gasteiger partial charge on any atom is 0.260 e. The Balaban J connectivity index is 1.81. The van der Waals surface area contributed by atoms with Crippen molar-refractivity contribution in [2.75, 3.05) is 24.7 Å². The van der Waals surface area contributed by atoms with Crippen molar-refractivity contribution >= 4 is 32.6 Å². The molecule has 0 bridgehead atoms.